The molecule has 0 spiro atoms. The van der Waals surface area contributed by atoms with Gasteiger partial charge >= 0.3 is 13.3 Å². The molecule has 16 heteroatoms. The van der Waals surface area contributed by atoms with E-state index in [1.807, 2.05) is 0 Å². The number of amides is 3. The van der Waals surface area contributed by atoms with Gasteiger partial charge in [0.1, 0.15) is 11.6 Å². The van der Waals surface area contributed by atoms with Gasteiger partial charge in [0.05, 0.1) is 11.6 Å². The zero-order chi connectivity index (χ0) is 31.5. The third kappa shape index (κ3) is 11.0. The summed E-state index contributed by atoms with van der Waals surface area (Å²) >= 11 is 0. The van der Waals surface area contributed by atoms with Crippen molar-refractivity contribution >= 4 is 36.0 Å². The molecule has 0 aromatic heterocycles. The van der Waals surface area contributed by atoms with E-state index in [9.17, 15) is 42.7 Å². The summed E-state index contributed by atoms with van der Waals surface area (Å²) in [5, 5.41) is 36.4. The van der Waals surface area contributed by atoms with Crippen LogP contribution >= 0.6 is 0 Å². The molecule has 0 aliphatic carbocycles. The summed E-state index contributed by atoms with van der Waals surface area (Å²) in [6.45, 7) is -0.542. The minimum Gasteiger partial charge on any atom is -0.423 e. The Bertz CT molecular complexity index is 1200. The van der Waals surface area contributed by atoms with E-state index in [2.05, 4.69) is 16.0 Å². The van der Waals surface area contributed by atoms with E-state index >= 15 is 0 Å². The van der Waals surface area contributed by atoms with E-state index in [0.29, 0.717) is 5.56 Å². The van der Waals surface area contributed by atoms with Crippen LogP contribution in [0.1, 0.15) is 30.4 Å². The summed E-state index contributed by atoms with van der Waals surface area (Å²) in [5.41, 5.74) is 15.3. The van der Waals surface area contributed by atoms with Gasteiger partial charge in [-0.3, -0.25) is 14.4 Å². The SMILES string of the molecule is NCC(O)(CN)CNC(=O)CC[C@H](N)C(=O)N[C@H](CCc1ccc(C(F)(F)F)cc1)C(=O)Nc1cccc(B(O)O)c1. The maximum Gasteiger partial charge on any atom is 0.488 e. The van der Waals surface area contributed by atoms with E-state index in [1.54, 1.807) is 0 Å². The molecule has 0 unspecified atom stereocenters. The highest BCUT2D eigenvalue weighted by Crippen LogP contribution is 2.29. The summed E-state index contributed by atoms with van der Waals surface area (Å²) in [6.07, 6.45) is -4.69. The number of hydrogen-bond acceptors (Lipinski definition) is 9. The summed E-state index contributed by atoms with van der Waals surface area (Å²) in [5.74, 6) is -1.95. The van der Waals surface area contributed by atoms with Crippen molar-refractivity contribution in [3.8, 4) is 0 Å². The Kier molecular flexibility index (Phi) is 12.9. The average Bonchev–Trinajstić information content (AvgIpc) is 2.96. The van der Waals surface area contributed by atoms with Gasteiger partial charge in [0.2, 0.25) is 17.7 Å². The largest absolute Gasteiger partial charge is 0.488 e. The maximum atomic E-state index is 13.1. The van der Waals surface area contributed by atoms with Crippen LogP contribution in [0.4, 0.5) is 18.9 Å². The standard InChI is InChI=1S/C26H36BF3N6O6/c28-26(29,30)17-7-4-16(5-8-17)6-10-21(24(39)35-19-3-1-2-18(12-19)27(41)42)36-23(38)20(33)9-11-22(37)34-15-25(40,13-31)14-32/h1-5,7-8,12,20-21,40-42H,6,9-11,13-15,31-33H2,(H,34,37)(H,35,39)(H,36,38)/t20-,21+/m0/s1. The van der Waals surface area contributed by atoms with Crippen molar-refractivity contribution in [3.63, 3.8) is 0 Å². The number of aliphatic hydroxyl groups is 1. The zero-order valence-electron chi connectivity index (χ0n) is 22.7. The second-order valence-corrected chi connectivity index (χ2v) is 9.84. The van der Waals surface area contributed by atoms with Crippen molar-refractivity contribution in [2.45, 2.75) is 49.5 Å². The second kappa shape index (κ2) is 15.6. The molecule has 12 nitrogen and oxygen atoms in total. The van der Waals surface area contributed by atoms with Crippen LogP contribution in [0.2, 0.25) is 0 Å². The molecular formula is C26H36BF3N6O6. The van der Waals surface area contributed by atoms with Gasteiger partial charge in [-0.25, -0.2) is 0 Å². The summed E-state index contributed by atoms with van der Waals surface area (Å²) in [4.78, 5) is 38.1. The highest BCUT2D eigenvalue weighted by Gasteiger charge is 2.30. The van der Waals surface area contributed by atoms with Crippen molar-refractivity contribution in [1.82, 2.24) is 10.6 Å². The smallest absolute Gasteiger partial charge is 0.423 e. The molecule has 12 N–H and O–H groups in total. The highest BCUT2D eigenvalue weighted by molar-refractivity contribution is 6.58. The molecule has 0 bridgehead atoms. The van der Waals surface area contributed by atoms with E-state index < -0.39 is 54.3 Å². The molecule has 230 valence electrons. The number of carbonyl (C=O) groups excluding carboxylic acids is 3. The Hall–Kier alpha value is -3.54. The Morgan fingerprint density at radius 1 is 0.952 bits per heavy atom. The van der Waals surface area contributed by atoms with Gasteiger partial charge < -0.3 is 48.3 Å². The van der Waals surface area contributed by atoms with Gasteiger partial charge in [0.15, 0.2) is 0 Å². The number of nitrogens with one attached hydrogen (secondary N) is 3. The first-order chi connectivity index (χ1) is 19.7. The number of anilines is 1. The van der Waals surface area contributed by atoms with E-state index in [4.69, 9.17) is 17.2 Å². The van der Waals surface area contributed by atoms with Crippen LogP contribution in [0.25, 0.3) is 0 Å². The second-order valence-electron chi connectivity index (χ2n) is 9.84. The number of nitrogens with two attached hydrogens (primary N) is 3. The van der Waals surface area contributed by atoms with E-state index in [0.717, 1.165) is 12.1 Å². The number of alkyl halides is 3. The van der Waals surface area contributed by atoms with E-state index in [1.165, 1.54) is 36.4 Å². The molecule has 0 saturated heterocycles. The molecule has 3 amide bonds. The van der Waals surface area contributed by atoms with Crippen LogP contribution in [0.5, 0.6) is 0 Å². The molecular weight excluding hydrogens is 560 g/mol. The fourth-order valence-corrected chi connectivity index (χ4v) is 3.72. The van der Waals surface area contributed by atoms with Crippen molar-refractivity contribution < 1.29 is 42.7 Å². The van der Waals surface area contributed by atoms with E-state index in [-0.39, 0.29) is 56.5 Å². The molecule has 0 aliphatic heterocycles. The summed E-state index contributed by atoms with van der Waals surface area (Å²) in [6, 6.07) is 7.68. The van der Waals surface area contributed by atoms with Crippen molar-refractivity contribution in [3.05, 3.63) is 59.7 Å². The third-order valence-corrected chi connectivity index (χ3v) is 6.48. The Balaban J connectivity index is 2.08. The minimum atomic E-state index is -4.51. The lowest BCUT2D eigenvalue weighted by atomic mass is 9.80. The Morgan fingerprint density at radius 2 is 1.60 bits per heavy atom. The molecule has 2 atom stereocenters. The average molecular weight is 596 g/mol. The quantitative estimate of drug-likeness (QED) is 0.107. The minimum absolute atomic E-state index is 0.0186. The van der Waals surface area contributed by atoms with Crippen LogP contribution < -0.4 is 38.6 Å². The number of halogens is 3. The number of rotatable bonds is 15. The predicted molar refractivity (Wildman–Crippen MR) is 150 cm³/mol. The molecule has 0 radical (unpaired) electrons. The lowest BCUT2D eigenvalue weighted by Crippen LogP contribution is -2.53. The lowest BCUT2D eigenvalue weighted by molar-refractivity contribution is -0.137. The molecule has 0 aliphatic rings. The first kappa shape index (κ1) is 34.7. The topological polar surface area (TPSA) is 226 Å². The van der Waals surface area contributed by atoms with Gasteiger partial charge in [-0.05, 0) is 54.6 Å². The van der Waals surface area contributed by atoms with Gasteiger partial charge in [-0.15, -0.1) is 0 Å². The summed E-state index contributed by atoms with van der Waals surface area (Å²) < 4.78 is 38.7. The number of benzene rings is 2. The lowest BCUT2D eigenvalue weighted by Gasteiger charge is -2.25. The van der Waals surface area contributed by atoms with Gasteiger partial charge in [0, 0.05) is 31.7 Å². The fourth-order valence-electron chi connectivity index (χ4n) is 3.72. The van der Waals surface area contributed by atoms with Crippen molar-refractivity contribution in [2.75, 3.05) is 25.0 Å². The monoisotopic (exact) mass is 596 g/mol. The highest BCUT2D eigenvalue weighted by atomic mass is 19.4. The van der Waals surface area contributed by atoms with Crippen LogP contribution in [-0.2, 0) is 27.0 Å². The Morgan fingerprint density at radius 3 is 2.17 bits per heavy atom. The van der Waals surface area contributed by atoms with Gasteiger partial charge in [-0.1, -0.05) is 24.3 Å². The predicted octanol–water partition coefficient (Wildman–Crippen LogP) is -1.69. The van der Waals surface area contributed by atoms with Crippen LogP contribution in [0, 0.1) is 0 Å². The first-order valence-corrected chi connectivity index (χ1v) is 13.1. The molecule has 2 rings (SSSR count). The first-order valence-electron chi connectivity index (χ1n) is 13.1. The molecule has 2 aromatic carbocycles. The van der Waals surface area contributed by atoms with Crippen LogP contribution in [-0.4, -0.2) is 77.3 Å². The normalized spacial score (nSPS) is 13.2. The zero-order valence-corrected chi connectivity index (χ0v) is 22.7. The summed E-state index contributed by atoms with van der Waals surface area (Å²) in [7, 11) is -1.79. The molecule has 0 heterocycles. The van der Waals surface area contributed by atoms with Crippen molar-refractivity contribution in [1.29, 1.82) is 0 Å². The Labute approximate surface area is 241 Å². The number of hydrogen-bond donors (Lipinski definition) is 9. The fraction of sp³-hybridized carbons (Fsp3) is 0.423. The van der Waals surface area contributed by atoms with Gasteiger partial charge in [-0.2, -0.15) is 13.2 Å². The molecule has 2 aromatic rings. The number of carbonyl (C=O) groups is 3. The van der Waals surface area contributed by atoms with Gasteiger partial charge in [0.25, 0.3) is 0 Å². The third-order valence-electron chi connectivity index (χ3n) is 6.48. The maximum absolute atomic E-state index is 13.1. The number of aryl methyl sites for hydroxylation is 1. The van der Waals surface area contributed by atoms with Crippen LogP contribution in [0.3, 0.4) is 0 Å². The molecule has 0 fully saturated rings. The molecule has 0 saturated carbocycles. The molecule has 42 heavy (non-hydrogen) atoms. The van der Waals surface area contributed by atoms with Crippen LogP contribution in [0.15, 0.2) is 48.5 Å². The van der Waals surface area contributed by atoms with Crippen molar-refractivity contribution in [2.24, 2.45) is 17.2 Å².